The van der Waals surface area contributed by atoms with Gasteiger partial charge in [-0.2, -0.15) is 0 Å². The number of hydrogen-bond acceptors (Lipinski definition) is 5. The molecule has 2 heterocycles. The number of carbonyl (C=O) groups is 1. The first-order chi connectivity index (χ1) is 8.63. The van der Waals surface area contributed by atoms with Crippen LogP contribution in [0.1, 0.15) is 43.5 Å². The standard InChI is InChI=1S/C12H17ClN4O/c1-8-4-3-5-9(2)17(8)16-12-10(6-18)11(13)14-7-15-12/h6-9H,3-5H2,1-2H3,(H,14,15,16). The smallest absolute Gasteiger partial charge is 0.156 e. The first-order valence-corrected chi connectivity index (χ1v) is 6.52. The second kappa shape index (κ2) is 5.63. The van der Waals surface area contributed by atoms with Crippen LogP contribution in [-0.4, -0.2) is 33.3 Å². The minimum Gasteiger partial charge on any atom is -0.302 e. The number of hydrazine groups is 1. The molecule has 0 saturated carbocycles. The van der Waals surface area contributed by atoms with E-state index in [9.17, 15) is 4.79 Å². The van der Waals surface area contributed by atoms with Gasteiger partial charge in [-0.1, -0.05) is 18.0 Å². The first kappa shape index (κ1) is 13.2. The van der Waals surface area contributed by atoms with E-state index >= 15 is 0 Å². The van der Waals surface area contributed by atoms with Crippen LogP contribution in [0.3, 0.4) is 0 Å². The number of rotatable bonds is 3. The predicted molar refractivity (Wildman–Crippen MR) is 70.7 cm³/mol. The molecule has 1 aromatic rings. The fourth-order valence-corrected chi connectivity index (χ4v) is 2.51. The number of aromatic nitrogens is 2. The van der Waals surface area contributed by atoms with Gasteiger partial charge in [-0.15, -0.1) is 0 Å². The number of aldehydes is 1. The van der Waals surface area contributed by atoms with Crippen molar-refractivity contribution in [2.24, 2.45) is 0 Å². The number of hydrogen-bond donors (Lipinski definition) is 1. The Bertz CT molecular complexity index is 430. The van der Waals surface area contributed by atoms with E-state index in [0.29, 0.717) is 29.8 Å². The molecule has 0 aliphatic carbocycles. The maximum Gasteiger partial charge on any atom is 0.156 e. The van der Waals surface area contributed by atoms with Crippen LogP contribution in [0.2, 0.25) is 5.15 Å². The van der Waals surface area contributed by atoms with Gasteiger partial charge in [0.25, 0.3) is 0 Å². The van der Waals surface area contributed by atoms with Crippen LogP contribution in [0.15, 0.2) is 6.33 Å². The molecule has 2 rings (SSSR count). The third-order valence-electron chi connectivity index (χ3n) is 3.38. The normalized spacial score (nSPS) is 24.8. The van der Waals surface area contributed by atoms with Gasteiger partial charge in [0.2, 0.25) is 0 Å². The highest BCUT2D eigenvalue weighted by atomic mass is 35.5. The molecule has 0 radical (unpaired) electrons. The molecule has 1 saturated heterocycles. The summed E-state index contributed by atoms with van der Waals surface area (Å²) in [7, 11) is 0. The van der Waals surface area contributed by atoms with Crippen molar-refractivity contribution in [2.75, 3.05) is 5.43 Å². The van der Waals surface area contributed by atoms with Gasteiger partial charge in [0.05, 0.1) is 5.56 Å². The molecule has 0 amide bonds. The summed E-state index contributed by atoms with van der Waals surface area (Å²) in [5.74, 6) is 0.477. The van der Waals surface area contributed by atoms with Gasteiger partial charge in [0.1, 0.15) is 11.5 Å². The Morgan fingerprint density at radius 3 is 2.67 bits per heavy atom. The number of carbonyl (C=O) groups excluding carboxylic acids is 1. The maximum absolute atomic E-state index is 11.0. The summed E-state index contributed by atoms with van der Waals surface area (Å²) in [6.07, 6.45) is 5.53. The van der Waals surface area contributed by atoms with Crippen LogP contribution in [-0.2, 0) is 0 Å². The van der Waals surface area contributed by atoms with Gasteiger partial charge in [-0.05, 0) is 26.7 Å². The Morgan fingerprint density at radius 2 is 2.06 bits per heavy atom. The molecule has 6 heteroatoms. The summed E-state index contributed by atoms with van der Waals surface area (Å²) in [5, 5.41) is 2.31. The van der Waals surface area contributed by atoms with E-state index in [1.165, 1.54) is 12.7 Å². The fourth-order valence-electron chi connectivity index (χ4n) is 2.33. The van der Waals surface area contributed by atoms with Gasteiger partial charge >= 0.3 is 0 Å². The SMILES string of the molecule is CC1CCCC(C)N1Nc1ncnc(Cl)c1C=O. The largest absolute Gasteiger partial charge is 0.302 e. The van der Waals surface area contributed by atoms with Gasteiger partial charge in [0, 0.05) is 12.1 Å². The van der Waals surface area contributed by atoms with Crippen LogP contribution in [0.5, 0.6) is 0 Å². The van der Waals surface area contributed by atoms with Crippen molar-refractivity contribution < 1.29 is 4.79 Å². The van der Waals surface area contributed by atoms with Crippen molar-refractivity contribution in [3.05, 3.63) is 17.0 Å². The third kappa shape index (κ3) is 2.62. The lowest BCUT2D eigenvalue weighted by Crippen LogP contribution is -2.47. The quantitative estimate of drug-likeness (QED) is 0.674. The summed E-state index contributed by atoms with van der Waals surface area (Å²) in [4.78, 5) is 18.9. The molecule has 2 unspecified atom stereocenters. The highest BCUT2D eigenvalue weighted by molar-refractivity contribution is 6.32. The van der Waals surface area contributed by atoms with Gasteiger partial charge in [-0.25, -0.2) is 15.0 Å². The van der Waals surface area contributed by atoms with Gasteiger partial charge in [0.15, 0.2) is 12.1 Å². The first-order valence-electron chi connectivity index (χ1n) is 6.14. The van der Waals surface area contributed by atoms with Crippen molar-refractivity contribution in [1.29, 1.82) is 0 Å². The zero-order chi connectivity index (χ0) is 13.1. The lowest BCUT2D eigenvalue weighted by atomic mass is 10.00. The van der Waals surface area contributed by atoms with Crippen molar-refractivity contribution in [3.63, 3.8) is 0 Å². The fraction of sp³-hybridized carbons (Fsp3) is 0.583. The molecular weight excluding hydrogens is 252 g/mol. The lowest BCUT2D eigenvalue weighted by molar-refractivity contribution is 0.111. The number of halogens is 1. The third-order valence-corrected chi connectivity index (χ3v) is 3.68. The van der Waals surface area contributed by atoms with Crippen LogP contribution in [0, 0.1) is 0 Å². The Morgan fingerprint density at radius 1 is 1.39 bits per heavy atom. The van der Waals surface area contributed by atoms with Crippen LogP contribution in [0.4, 0.5) is 5.82 Å². The second-order valence-electron chi connectivity index (χ2n) is 4.69. The molecule has 1 aliphatic heterocycles. The summed E-state index contributed by atoms with van der Waals surface area (Å²) in [6.45, 7) is 4.32. The Labute approximate surface area is 112 Å². The summed E-state index contributed by atoms with van der Waals surface area (Å²) in [6, 6.07) is 0.809. The second-order valence-corrected chi connectivity index (χ2v) is 5.05. The van der Waals surface area contributed by atoms with E-state index < -0.39 is 0 Å². The molecule has 1 fully saturated rings. The average Bonchev–Trinajstić information content (AvgIpc) is 2.34. The Balaban J connectivity index is 2.22. The molecule has 18 heavy (non-hydrogen) atoms. The van der Waals surface area contributed by atoms with Crippen LogP contribution in [0.25, 0.3) is 0 Å². The topological polar surface area (TPSA) is 58.1 Å². The molecule has 0 bridgehead atoms. The van der Waals surface area contributed by atoms with Crippen molar-refractivity contribution in [1.82, 2.24) is 15.0 Å². The Hall–Kier alpha value is -1.20. The highest BCUT2D eigenvalue weighted by Crippen LogP contribution is 2.25. The molecule has 5 nitrogen and oxygen atoms in total. The molecule has 0 spiro atoms. The zero-order valence-electron chi connectivity index (χ0n) is 10.6. The number of nitrogens with one attached hydrogen (secondary N) is 1. The van der Waals surface area contributed by atoms with Crippen molar-refractivity contribution in [2.45, 2.75) is 45.2 Å². The molecule has 2 atom stereocenters. The minimum absolute atomic E-state index is 0.180. The molecule has 1 aliphatic rings. The average molecular weight is 269 g/mol. The molecule has 1 N–H and O–H groups in total. The van der Waals surface area contributed by atoms with Crippen molar-refractivity contribution in [3.8, 4) is 0 Å². The molecule has 1 aromatic heterocycles. The predicted octanol–water partition coefficient (Wildman–Crippen LogP) is 2.53. The molecular formula is C12H17ClN4O. The summed E-state index contributed by atoms with van der Waals surface area (Å²) >= 11 is 5.88. The zero-order valence-corrected chi connectivity index (χ0v) is 11.3. The summed E-state index contributed by atoms with van der Waals surface area (Å²) < 4.78 is 0. The van der Waals surface area contributed by atoms with Gasteiger partial charge in [-0.3, -0.25) is 4.79 Å². The van der Waals surface area contributed by atoms with E-state index in [4.69, 9.17) is 11.6 Å². The molecule has 98 valence electrons. The Kier molecular flexibility index (Phi) is 4.14. The van der Waals surface area contributed by atoms with E-state index in [1.807, 2.05) is 0 Å². The monoisotopic (exact) mass is 268 g/mol. The highest BCUT2D eigenvalue weighted by Gasteiger charge is 2.25. The minimum atomic E-state index is 0.180. The van der Waals surface area contributed by atoms with Crippen molar-refractivity contribution >= 4 is 23.7 Å². The summed E-state index contributed by atoms with van der Waals surface area (Å²) in [5.41, 5.74) is 3.52. The van der Waals surface area contributed by atoms with E-state index in [-0.39, 0.29) is 5.15 Å². The van der Waals surface area contributed by atoms with Crippen LogP contribution >= 0.6 is 11.6 Å². The maximum atomic E-state index is 11.0. The van der Waals surface area contributed by atoms with Crippen LogP contribution < -0.4 is 5.43 Å². The lowest BCUT2D eigenvalue weighted by Gasteiger charge is -2.39. The number of piperidine rings is 1. The number of anilines is 1. The number of nitrogens with zero attached hydrogens (tertiary/aromatic N) is 3. The van der Waals surface area contributed by atoms with E-state index in [0.717, 1.165) is 12.8 Å². The van der Waals surface area contributed by atoms with E-state index in [2.05, 4.69) is 34.3 Å². The van der Waals surface area contributed by atoms with Gasteiger partial charge < -0.3 is 5.43 Å². The van der Waals surface area contributed by atoms with E-state index in [1.54, 1.807) is 0 Å². The molecule has 0 aromatic carbocycles.